The summed E-state index contributed by atoms with van der Waals surface area (Å²) in [5.41, 5.74) is 0.0768. The number of carbonyl (C=O) groups is 1. The van der Waals surface area contributed by atoms with Crippen molar-refractivity contribution >= 4 is 5.91 Å². The first-order chi connectivity index (χ1) is 7.77. The molecule has 0 radical (unpaired) electrons. The van der Waals surface area contributed by atoms with Crippen LogP contribution in [0.25, 0.3) is 0 Å². The number of fused-ring (bicyclic) bond motifs is 1. The Hall–Kier alpha value is -1.49. The van der Waals surface area contributed by atoms with Gasteiger partial charge in [0.1, 0.15) is 0 Å². The Labute approximate surface area is 92.3 Å². The summed E-state index contributed by atoms with van der Waals surface area (Å²) in [6.07, 6.45) is 2.48. The number of aromatic nitrogens is 1. The number of pyridine rings is 1. The van der Waals surface area contributed by atoms with Gasteiger partial charge in [0, 0.05) is 25.3 Å². The van der Waals surface area contributed by atoms with Gasteiger partial charge < -0.3 is 10.6 Å². The summed E-state index contributed by atoms with van der Waals surface area (Å²) in [5, 5.41) is 6.11. The van der Waals surface area contributed by atoms with Gasteiger partial charge in [0.2, 0.25) is 0 Å². The molecule has 16 heavy (non-hydrogen) atoms. The lowest BCUT2D eigenvalue weighted by Gasteiger charge is -2.07. The molecule has 0 aromatic carbocycles. The second-order valence-corrected chi connectivity index (χ2v) is 4.34. The molecule has 4 nitrogen and oxygen atoms in total. The quantitative estimate of drug-likeness (QED) is 0.748. The van der Waals surface area contributed by atoms with Gasteiger partial charge in [-0.2, -0.15) is 0 Å². The van der Waals surface area contributed by atoms with E-state index >= 15 is 0 Å². The number of carbonyl (C=O) groups excluding carboxylic acids is 1. The van der Waals surface area contributed by atoms with E-state index in [1.54, 1.807) is 0 Å². The third-order valence-corrected chi connectivity index (χ3v) is 3.41. The van der Waals surface area contributed by atoms with Gasteiger partial charge in [-0.05, 0) is 17.9 Å². The molecule has 1 aliphatic heterocycles. The van der Waals surface area contributed by atoms with E-state index in [1.165, 1.54) is 12.3 Å². The average Bonchev–Trinajstić information content (AvgIpc) is 2.75. The van der Waals surface area contributed by atoms with Gasteiger partial charge in [-0.1, -0.05) is 0 Å². The zero-order valence-corrected chi connectivity index (χ0v) is 8.61. The molecule has 1 saturated heterocycles. The van der Waals surface area contributed by atoms with Crippen molar-refractivity contribution in [2.45, 2.75) is 6.04 Å². The first-order valence-electron chi connectivity index (χ1n) is 5.38. The monoisotopic (exact) mass is 221 g/mol. The van der Waals surface area contributed by atoms with Gasteiger partial charge in [0.25, 0.3) is 5.91 Å². The minimum atomic E-state index is -0.566. The lowest BCUT2D eigenvalue weighted by atomic mass is 10.2. The molecule has 2 fully saturated rings. The molecule has 2 unspecified atom stereocenters. The van der Waals surface area contributed by atoms with Crippen molar-refractivity contribution < 1.29 is 9.18 Å². The molecular weight excluding hydrogens is 209 g/mol. The molecule has 2 heterocycles. The smallest absolute Gasteiger partial charge is 0.254 e. The van der Waals surface area contributed by atoms with Crippen molar-refractivity contribution in [3.05, 3.63) is 29.8 Å². The standard InChI is InChI=1S/C11H12FN3O/c12-9-5-13-2-1-6(9)11(16)15-10-7-3-14-4-8(7)10/h1-2,5,7-8,10,14H,3-4H2,(H,15,16). The van der Waals surface area contributed by atoms with Crippen LogP contribution in [-0.2, 0) is 0 Å². The van der Waals surface area contributed by atoms with E-state index in [4.69, 9.17) is 0 Å². The normalized spacial score (nSPS) is 30.9. The largest absolute Gasteiger partial charge is 0.349 e. The molecule has 2 aliphatic rings. The number of piperidine rings is 1. The number of amides is 1. The number of hydrogen-bond acceptors (Lipinski definition) is 3. The summed E-state index contributed by atoms with van der Waals surface area (Å²) in [4.78, 5) is 15.4. The minimum Gasteiger partial charge on any atom is -0.349 e. The SMILES string of the molecule is O=C(NC1C2CNCC21)c1ccncc1F. The number of nitrogens with zero attached hydrogens (tertiary/aromatic N) is 1. The van der Waals surface area contributed by atoms with Crippen LogP contribution in [-0.4, -0.2) is 30.0 Å². The van der Waals surface area contributed by atoms with Crippen LogP contribution in [0.1, 0.15) is 10.4 Å². The zero-order valence-electron chi connectivity index (χ0n) is 8.61. The molecule has 2 atom stereocenters. The Bertz CT molecular complexity index is 427. The molecule has 1 saturated carbocycles. The van der Waals surface area contributed by atoms with Gasteiger partial charge in [-0.25, -0.2) is 4.39 Å². The van der Waals surface area contributed by atoms with Crippen LogP contribution in [0.2, 0.25) is 0 Å². The van der Waals surface area contributed by atoms with Gasteiger partial charge in [-0.15, -0.1) is 0 Å². The van der Waals surface area contributed by atoms with Crippen LogP contribution in [0.15, 0.2) is 18.5 Å². The van der Waals surface area contributed by atoms with Gasteiger partial charge >= 0.3 is 0 Å². The summed E-state index contributed by atoms with van der Waals surface area (Å²) in [5.74, 6) is 0.172. The van der Waals surface area contributed by atoms with Crippen LogP contribution in [0.5, 0.6) is 0 Å². The van der Waals surface area contributed by atoms with E-state index in [1.807, 2.05) is 0 Å². The molecule has 0 spiro atoms. The van der Waals surface area contributed by atoms with Crippen molar-refractivity contribution in [1.82, 2.24) is 15.6 Å². The molecule has 84 valence electrons. The summed E-state index contributed by atoms with van der Waals surface area (Å²) in [6.45, 7) is 1.91. The maximum atomic E-state index is 13.3. The van der Waals surface area contributed by atoms with Crippen molar-refractivity contribution in [3.8, 4) is 0 Å². The summed E-state index contributed by atoms with van der Waals surface area (Å²) < 4.78 is 13.3. The Balaban J connectivity index is 1.68. The highest BCUT2D eigenvalue weighted by atomic mass is 19.1. The van der Waals surface area contributed by atoms with E-state index < -0.39 is 5.82 Å². The number of rotatable bonds is 2. The highest BCUT2D eigenvalue weighted by Gasteiger charge is 2.53. The second-order valence-electron chi connectivity index (χ2n) is 4.34. The van der Waals surface area contributed by atoms with Crippen LogP contribution in [0, 0.1) is 17.7 Å². The van der Waals surface area contributed by atoms with E-state index in [9.17, 15) is 9.18 Å². The molecule has 1 aliphatic carbocycles. The fraction of sp³-hybridized carbons (Fsp3) is 0.455. The highest BCUT2D eigenvalue weighted by Crippen LogP contribution is 2.41. The third kappa shape index (κ3) is 1.48. The van der Waals surface area contributed by atoms with Crippen LogP contribution in [0.4, 0.5) is 4.39 Å². The summed E-state index contributed by atoms with van der Waals surface area (Å²) in [7, 11) is 0. The van der Waals surface area contributed by atoms with Crippen molar-refractivity contribution in [2.24, 2.45) is 11.8 Å². The summed E-state index contributed by atoms with van der Waals surface area (Å²) >= 11 is 0. The minimum absolute atomic E-state index is 0.0768. The molecule has 0 bridgehead atoms. The predicted molar refractivity (Wildman–Crippen MR) is 55.3 cm³/mol. The highest BCUT2D eigenvalue weighted by molar-refractivity contribution is 5.94. The number of hydrogen-bond donors (Lipinski definition) is 2. The lowest BCUT2D eigenvalue weighted by Crippen LogP contribution is -2.33. The summed E-state index contributed by atoms with van der Waals surface area (Å²) in [6, 6.07) is 1.63. The Morgan fingerprint density at radius 2 is 2.25 bits per heavy atom. The maximum Gasteiger partial charge on any atom is 0.254 e. The van der Waals surface area contributed by atoms with Crippen LogP contribution in [0.3, 0.4) is 0 Å². The van der Waals surface area contributed by atoms with Crippen LogP contribution < -0.4 is 10.6 Å². The average molecular weight is 221 g/mol. The first-order valence-corrected chi connectivity index (χ1v) is 5.38. The molecular formula is C11H12FN3O. The molecule has 1 amide bonds. The Morgan fingerprint density at radius 3 is 2.94 bits per heavy atom. The van der Waals surface area contributed by atoms with Gasteiger partial charge in [0.15, 0.2) is 5.82 Å². The number of nitrogens with one attached hydrogen (secondary N) is 2. The topological polar surface area (TPSA) is 54.0 Å². The molecule has 3 rings (SSSR count). The molecule has 1 aromatic rings. The van der Waals surface area contributed by atoms with Crippen molar-refractivity contribution in [1.29, 1.82) is 0 Å². The fourth-order valence-electron chi connectivity index (χ4n) is 2.42. The second kappa shape index (κ2) is 3.52. The predicted octanol–water partition coefficient (Wildman–Crippen LogP) is 0.168. The molecule has 2 N–H and O–H groups in total. The number of halogens is 1. The van der Waals surface area contributed by atoms with Crippen molar-refractivity contribution in [3.63, 3.8) is 0 Å². The Kier molecular flexibility index (Phi) is 2.14. The van der Waals surface area contributed by atoms with E-state index in [0.29, 0.717) is 11.8 Å². The maximum absolute atomic E-state index is 13.3. The van der Waals surface area contributed by atoms with E-state index in [0.717, 1.165) is 19.3 Å². The van der Waals surface area contributed by atoms with Gasteiger partial charge in [0.05, 0.1) is 11.8 Å². The Morgan fingerprint density at radius 1 is 1.50 bits per heavy atom. The van der Waals surface area contributed by atoms with Crippen LogP contribution >= 0.6 is 0 Å². The van der Waals surface area contributed by atoms with E-state index in [2.05, 4.69) is 15.6 Å². The fourth-order valence-corrected chi connectivity index (χ4v) is 2.42. The van der Waals surface area contributed by atoms with Gasteiger partial charge in [-0.3, -0.25) is 9.78 Å². The van der Waals surface area contributed by atoms with Crippen molar-refractivity contribution in [2.75, 3.05) is 13.1 Å². The third-order valence-electron chi connectivity index (χ3n) is 3.41. The molecule has 5 heteroatoms. The molecule has 1 aromatic heterocycles. The van der Waals surface area contributed by atoms with E-state index in [-0.39, 0.29) is 17.5 Å². The first kappa shape index (κ1) is 9.72. The lowest BCUT2D eigenvalue weighted by molar-refractivity contribution is 0.0942. The zero-order chi connectivity index (χ0) is 11.1.